The predicted molar refractivity (Wildman–Crippen MR) is 103 cm³/mol. The molecule has 1 aliphatic heterocycles. The molecule has 1 fully saturated rings. The normalized spacial score (nSPS) is 18.0. The van der Waals surface area contributed by atoms with Crippen molar-refractivity contribution >= 4 is 20.9 Å². The van der Waals surface area contributed by atoms with Gasteiger partial charge >= 0.3 is 0 Å². The van der Waals surface area contributed by atoms with E-state index in [9.17, 15) is 13.5 Å². The van der Waals surface area contributed by atoms with Gasteiger partial charge in [-0.3, -0.25) is 5.10 Å². The van der Waals surface area contributed by atoms with Crippen molar-refractivity contribution in [2.75, 3.05) is 13.1 Å². The molecule has 7 nitrogen and oxygen atoms in total. The molecule has 1 atom stereocenters. The molecule has 0 bridgehead atoms. The number of phenolic OH excluding ortho intramolecular Hbond substituents is 1. The largest absolute Gasteiger partial charge is 0.508 e. The van der Waals surface area contributed by atoms with Crippen LogP contribution in [-0.4, -0.2) is 47.2 Å². The van der Waals surface area contributed by atoms with E-state index in [-0.39, 0.29) is 18.4 Å². The Morgan fingerprint density at radius 2 is 2.04 bits per heavy atom. The average molecular weight is 385 g/mol. The van der Waals surface area contributed by atoms with Crippen LogP contribution >= 0.6 is 0 Å². The maximum Gasteiger partial charge on any atom is 0.235 e. The van der Waals surface area contributed by atoms with E-state index in [2.05, 4.69) is 16.8 Å². The minimum absolute atomic E-state index is 0.201. The van der Waals surface area contributed by atoms with Gasteiger partial charge in [0, 0.05) is 12.0 Å². The van der Waals surface area contributed by atoms with Crippen molar-refractivity contribution < 1.29 is 18.3 Å². The highest BCUT2D eigenvalue weighted by Crippen LogP contribution is 2.34. The molecular weight excluding hydrogens is 366 g/mol. The average Bonchev–Trinajstić information content (AvgIpc) is 3.32. The Labute approximate surface area is 156 Å². The maximum atomic E-state index is 12.0. The lowest BCUT2D eigenvalue weighted by Crippen LogP contribution is -2.29. The first-order valence-corrected chi connectivity index (χ1v) is 10.0. The number of aromatic nitrogens is 2. The third-order valence-corrected chi connectivity index (χ3v) is 6.17. The first kappa shape index (κ1) is 17.6. The fourth-order valence-electron chi connectivity index (χ4n) is 3.25. The van der Waals surface area contributed by atoms with Crippen LogP contribution in [-0.2, 0) is 10.0 Å². The molecule has 2 aromatic carbocycles. The number of benzene rings is 2. The molecule has 0 radical (unpaired) electrons. The van der Waals surface area contributed by atoms with Gasteiger partial charge in [-0.05, 0) is 41.8 Å². The number of rotatable bonds is 5. The van der Waals surface area contributed by atoms with Crippen LogP contribution in [0.4, 0.5) is 0 Å². The van der Waals surface area contributed by atoms with Gasteiger partial charge in [0.2, 0.25) is 10.0 Å². The van der Waals surface area contributed by atoms with Crippen LogP contribution in [0.1, 0.15) is 6.42 Å². The van der Waals surface area contributed by atoms with Crippen molar-refractivity contribution in [3.8, 4) is 22.6 Å². The Morgan fingerprint density at radius 3 is 2.78 bits per heavy atom. The minimum Gasteiger partial charge on any atom is -0.508 e. The molecular formula is C19H19N3O4S. The molecule has 1 aliphatic rings. The summed E-state index contributed by atoms with van der Waals surface area (Å²) in [6.07, 6.45) is 2.06. The van der Waals surface area contributed by atoms with Gasteiger partial charge in [-0.1, -0.05) is 18.7 Å². The zero-order valence-electron chi connectivity index (χ0n) is 14.5. The van der Waals surface area contributed by atoms with E-state index in [1.807, 2.05) is 24.3 Å². The van der Waals surface area contributed by atoms with Gasteiger partial charge in [0.1, 0.15) is 17.6 Å². The Kier molecular flexibility index (Phi) is 4.37. The standard InChI is InChI=1S/C19H19N3O4S/c1-2-27(24,25)22-8-7-16(12-22)26-19-10-14(9-18-17(19)11-20-21-18)13-3-5-15(23)6-4-13/h2-6,9-11,16,23H,1,7-8,12H2,(H,20,21). The quantitative estimate of drug-likeness (QED) is 0.704. The lowest BCUT2D eigenvalue weighted by Gasteiger charge is -2.16. The summed E-state index contributed by atoms with van der Waals surface area (Å²) in [6, 6.07) is 10.8. The van der Waals surface area contributed by atoms with Crippen molar-refractivity contribution in [2.24, 2.45) is 0 Å². The van der Waals surface area contributed by atoms with Crippen LogP contribution in [0.2, 0.25) is 0 Å². The highest BCUT2D eigenvalue weighted by molar-refractivity contribution is 7.92. The van der Waals surface area contributed by atoms with Crippen molar-refractivity contribution in [3.63, 3.8) is 0 Å². The lowest BCUT2D eigenvalue weighted by atomic mass is 10.0. The van der Waals surface area contributed by atoms with Gasteiger partial charge < -0.3 is 9.84 Å². The smallest absolute Gasteiger partial charge is 0.235 e. The summed E-state index contributed by atoms with van der Waals surface area (Å²) in [5, 5.41) is 18.3. The third-order valence-electron chi connectivity index (χ3n) is 4.69. The van der Waals surface area contributed by atoms with Crippen LogP contribution in [0.3, 0.4) is 0 Å². The summed E-state index contributed by atoms with van der Waals surface area (Å²) in [6.45, 7) is 4.07. The molecule has 0 spiro atoms. The summed E-state index contributed by atoms with van der Waals surface area (Å²) in [4.78, 5) is 0. The maximum absolute atomic E-state index is 12.0. The molecule has 27 heavy (non-hydrogen) atoms. The van der Waals surface area contributed by atoms with Crippen LogP contribution in [0.5, 0.6) is 11.5 Å². The van der Waals surface area contributed by atoms with Crippen LogP contribution in [0.15, 0.2) is 54.6 Å². The highest BCUT2D eigenvalue weighted by atomic mass is 32.2. The number of aromatic hydroxyl groups is 1. The van der Waals surface area contributed by atoms with E-state index < -0.39 is 10.0 Å². The van der Waals surface area contributed by atoms with E-state index in [4.69, 9.17) is 4.74 Å². The molecule has 2 heterocycles. The van der Waals surface area contributed by atoms with Crippen LogP contribution < -0.4 is 4.74 Å². The number of nitrogens with one attached hydrogen (secondary N) is 1. The van der Waals surface area contributed by atoms with E-state index in [1.54, 1.807) is 18.3 Å². The summed E-state index contributed by atoms with van der Waals surface area (Å²) < 4.78 is 31.4. The molecule has 0 aliphatic carbocycles. The molecule has 1 aromatic heterocycles. The Bertz CT molecular complexity index is 1090. The number of sulfonamides is 1. The lowest BCUT2D eigenvalue weighted by molar-refractivity contribution is 0.218. The van der Waals surface area contributed by atoms with Gasteiger partial charge in [-0.2, -0.15) is 9.40 Å². The van der Waals surface area contributed by atoms with E-state index in [0.29, 0.717) is 18.7 Å². The fourth-order valence-corrected chi connectivity index (χ4v) is 4.19. The molecule has 4 rings (SSSR count). The number of H-pyrrole nitrogens is 1. The van der Waals surface area contributed by atoms with Gasteiger partial charge in [-0.15, -0.1) is 0 Å². The summed E-state index contributed by atoms with van der Waals surface area (Å²) in [5.74, 6) is 0.847. The van der Waals surface area contributed by atoms with Gasteiger partial charge in [-0.25, -0.2) is 8.42 Å². The van der Waals surface area contributed by atoms with Crippen LogP contribution in [0, 0.1) is 0 Å². The summed E-state index contributed by atoms with van der Waals surface area (Å²) >= 11 is 0. The molecule has 8 heteroatoms. The number of phenols is 1. The van der Waals surface area contributed by atoms with Gasteiger partial charge in [0.05, 0.1) is 23.6 Å². The Morgan fingerprint density at radius 1 is 1.26 bits per heavy atom. The van der Waals surface area contributed by atoms with Crippen molar-refractivity contribution in [3.05, 3.63) is 54.6 Å². The van der Waals surface area contributed by atoms with Gasteiger partial charge in [0.15, 0.2) is 0 Å². The number of hydrogen-bond acceptors (Lipinski definition) is 5. The summed E-state index contributed by atoms with van der Waals surface area (Å²) in [5.41, 5.74) is 2.66. The molecule has 0 amide bonds. The van der Waals surface area contributed by atoms with Crippen molar-refractivity contribution in [1.29, 1.82) is 0 Å². The molecule has 3 aromatic rings. The van der Waals surface area contributed by atoms with E-state index in [0.717, 1.165) is 27.4 Å². The van der Waals surface area contributed by atoms with Gasteiger partial charge in [0.25, 0.3) is 0 Å². The number of hydrogen-bond donors (Lipinski definition) is 2. The third kappa shape index (κ3) is 3.41. The summed E-state index contributed by atoms with van der Waals surface area (Å²) in [7, 11) is -3.43. The fraction of sp³-hybridized carbons (Fsp3) is 0.211. The second-order valence-corrected chi connectivity index (χ2v) is 8.33. The Hall–Kier alpha value is -2.84. The molecule has 140 valence electrons. The molecule has 0 saturated carbocycles. The zero-order valence-corrected chi connectivity index (χ0v) is 15.3. The minimum atomic E-state index is -3.43. The topological polar surface area (TPSA) is 95.5 Å². The van der Waals surface area contributed by atoms with E-state index in [1.165, 1.54) is 4.31 Å². The number of fused-ring (bicyclic) bond motifs is 1. The number of nitrogens with zero attached hydrogens (tertiary/aromatic N) is 2. The molecule has 2 N–H and O–H groups in total. The number of aromatic amines is 1. The first-order chi connectivity index (χ1) is 13.0. The van der Waals surface area contributed by atoms with Crippen molar-refractivity contribution in [2.45, 2.75) is 12.5 Å². The van der Waals surface area contributed by atoms with E-state index >= 15 is 0 Å². The SMILES string of the molecule is C=CS(=O)(=O)N1CCC(Oc2cc(-c3ccc(O)cc3)cc3[nH]ncc23)C1. The predicted octanol–water partition coefficient (Wildman–Crippen LogP) is 2.86. The molecule has 1 saturated heterocycles. The molecule has 1 unspecified atom stereocenters. The second kappa shape index (κ2) is 6.71. The number of ether oxygens (including phenoxy) is 1. The van der Waals surface area contributed by atoms with Crippen LogP contribution in [0.25, 0.3) is 22.0 Å². The first-order valence-electron chi connectivity index (χ1n) is 8.52. The van der Waals surface area contributed by atoms with Crippen molar-refractivity contribution in [1.82, 2.24) is 14.5 Å². The zero-order chi connectivity index (χ0) is 19.0. The Balaban J connectivity index is 1.65. The highest BCUT2D eigenvalue weighted by Gasteiger charge is 2.31. The second-order valence-electron chi connectivity index (χ2n) is 6.45. The monoisotopic (exact) mass is 385 g/mol.